The lowest BCUT2D eigenvalue weighted by molar-refractivity contribution is 0.406. The van der Waals surface area contributed by atoms with Gasteiger partial charge in [0.05, 0.1) is 0 Å². The van der Waals surface area contributed by atoms with Crippen LogP contribution in [0.25, 0.3) is 6.08 Å². The van der Waals surface area contributed by atoms with Crippen molar-refractivity contribution in [1.29, 1.82) is 0 Å². The Labute approximate surface area is 104 Å². The molecule has 0 fully saturated rings. The second-order valence-corrected chi connectivity index (χ2v) is 4.32. The number of aryl methyl sites for hydroxylation is 1. The molecule has 0 spiro atoms. The van der Waals surface area contributed by atoms with Crippen LogP contribution in [0.5, 0.6) is 0 Å². The van der Waals surface area contributed by atoms with E-state index in [0.29, 0.717) is 0 Å². The van der Waals surface area contributed by atoms with Gasteiger partial charge in [0.25, 0.3) is 0 Å². The summed E-state index contributed by atoms with van der Waals surface area (Å²) in [5, 5.41) is 0. The molecule has 0 N–H and O–H groups in total. The quantitative estimate of drug-likeness (QED) is 0.691. The summed E-state index contributed by atoms with van der Waals surface area (Å²) < 4.78 is 0. The van der Waals surface area contributed by atoms with Gasteiger partial charge in [-0.25, -0.2) is 0 Å². The highest BCUT2D eigenvalue weighted by Gasteiger charge is 2.13. The summed E-state index contributed by atoms with van der Waals surface area (Å²) in [6.45, 7) is 9.42. The number of nitrogens with zero attached hydrogens (tertiary/aromatic N) is 1. The summed E-state index contributed by atoms with van der Waals surface area (Å²) in [5.74, 6) is 0. The molecule has 0 saturated carbocycles. The van der Waals surface area contributed by atoms with Gasteiger partial charge in [0.2, 0.25) is 0 Å². The summed E-state index contributed by atoms with van der Waals surface area (Å²) in [6.07, 6.45) is 8.44. The lowest BCUT2D eigenvalue weighted by atomic mass is 9.95. The number of hydrogen-bond donors (Lipinski definition) is 0. The summed E-state index contributed by atoms with van der Waals surface area (Å²) in [6, 6.07) is 8.62. The first-order valence-corrected chi connectivity index (χ1v) is 6.10. The molecule has 88 valence electrons. The molecule has 0 saturated heterocycles. The minimum atomic E-state index is 0.889. The average molecular weight is 225 g/mol. The number of fused-ring (bicyclic) bond motifs is 1. The Morgan fingerprint density at radius 3 is 2.47 bits per heavy atom. The molecule has 0 amide bonds. The summed E-state index contributed by atoms with van der Waals surface area (Å²) in [7, 11) is 0. The van der Waals surface area contributed by atoms with E-state index < -0.39 is 0 Å². The van der Waals surface area contributed by atoms with E-state index in [1.807, 2.05) is 12.2 Å². The summed E-state index contributed by atoms with van der Waals surface area (Å²) >= 11 is 0. The third-order valence-corrected chi connectivity index (χ3v) is 3.13. The van der Waals surface area contributed by atoms with Gasteiger partial charge in [0.15, 0.2) is 0 Å². The van der Waals surface area contributed by atoms with Crippen LogP contribution in [-0.2, 0) is 6.42 Å². The molecule has 0 radical (unpaired) electrons. The molecule has 1 aliphatic carbocycles. The fourth-order valence-electron chi connectivity index (χ4n) is 2.29. The van der Waals surface area contributed by atoms with E-state index in [9.17, 15) is 0 Å². The summed E-state index contributed by atoms with van der Waals surface area (Å²) in [4.78, 5) is 2.33. The van der Waals surface area contributed by atoms with Crippen molar-refractivity contribution in [1.82, 2.24) is 4.90 Å². The van der Waals surface area contributed by atoms with Crippen LogP contribution in [0.3, 0.4) is 0 Å². The van der Waals surface area contributed by atoms with Gasteiger partial charge in [-0.3, -0.25) is 0 Å². The molecule has 17 heavy (non-hydrogen) atoms. The second-order valence-electron chi connectivity index (χ2n) is 4.32. The van der Waals surface area contributed by atoms with Crippen LogP contribution in [0.15, 0.2) is 55.3 Å². The fraction of sp³-hybridized carbons (Fsp3) is 0.250. The van der Waals surface area contributed by atoms with E-state index in [4.69, 9.17) is 0 Å². The molecule has 0 aromatic heterocycles. The number of rotatable bonds is 5. The van der Waals surface area contributed by atoms with Gasteiger partial charge in [-0.1, -0.05) is 36.4 Å². The molecular weight excluding hydrogens is 206 g/mol. The van der Waals surface area contributed by atoms with Gasteiger partial charge in [0, 0.05) is 18.8 Å². The molecule has 0 bridgehead atoms. The second kappa shape index (κ2) is 5.53. The minimum absolute atomic E-state index is 0.889. The molecule has 0 heterocycles. The topological polar surface area (TPSA) is 3.24 Å². The molecular formula is C16H19N. The van der Waals surface area contributed by atoms with Gasteiger partial charge >= 0.3 is 0 Å². The Morgan fingerprint density at radius 2 is 1.76 bits per heavy atom. The van der Waals surface area contributed by atoms with Crippen molar-refractivity contribution in [2.75, 3.05) is 13.1 Å². The predicted molar refractivity (Wildman–Crippen MR) is 74.7 cm³/mol. The Balaban J connectivity index is 2.25. The monoisotopic (exact) mass is 225 g/mol. The zero-order valence-corrected chi connectivity index (χ0v) is 10.2. The summed E-state index contributed by atoms with van der Waals surface area (Å²) in [5.41, 5.74) is 4.20. The molecule has 1 aromatic carbocycles. The lowest BCUT2D eigenvalue weighted by Gasteiger charge is -2.28. The van der Waals surface area contributed by atoms with Crippen LogP contribution in [-0.4, -0.2) is 18.0 Å². The van der Waals surface area contributed by atoms with Crippen LogP contribution in [0, 0.1) is 0 Å². The van der Waals surface area contributed by atoms with Crippen LogP contribution in [0.1, 0.15) is 17.5 Å². The third-order valence-electron chi connectivity index (χ3n) is 3.13. The lowest BCUT2D eigenvalue weighted by Crippen LogP contribution is -2.24. The maximum Gasteiger partial charge on any atom is 0.0357 e. The van der Waals surface area contributed by atoms with Crippen molar-refractivity contribution in [2.45, 2.75) is 12.8 Å². The van der Waals surface area contributed by atoms with E-state index in [-0.39, 0.29) is 0 Å². The molecule has 1 aromatic rings. The van der Waals surface area contributed by atoms with Crippen molar-refractivity contribution < 1.29 is 0 Å². The van der Waals surface area contributed by atoms with Gasteiger partial charge in [0.1, 0.15) is 0 Å². The number of benzene rings is 1. The molecule has 0 unspecified atom stereocenters. The molecule has 0 atom stereocenters. The van der Waals surface area contributed by atoms with Crippen molar-refractivity contribution in [2.24, 2.45) is 0 Å². The maximum atomic E-state index is 3.82. The number of hydrogen-bond acceptors (Lipinski definition) is 1. The van der Waals surface area contributed by atoms with E-state index in [1.54, 1.807) is 0 Å². The van der Waals surface area contributed by atoms with Gasteiger partial charge in [-0.2, -0.15) is 0 Å². The molecule has 1 heteroatoms. The first-order valence-electron chi connectivity index (χ1n) is 6.10. The molecule has 2 rings (SSSR count). The highest BCUT2D eigenvalue weighted by atomic mass is 15.1. The number of allylic oxidation sites excluding steroid dienone is 1. The first-order chi connectivity index (χ1) is 8.35. The zero-order valence-electron chi connectivity index (χ0n) is 10.2. The van der Waals surface area contributed by atoms with Crippen molar-refractivity contribution in [3.8, 4) is 0 Å². The van der Waals surface area contributed by atoms with Crippen LogP contribution in [0.2, 0.25) is 0 Å². The maximum absolute atomic E-state index is 3.82. The Morgan fingerprint density at radius 1 is 1.06 bits per heavy atom. The third kappa shape index (κ3) is 2.68. The molecule has 1 nitrogen and oxygen atoms in total. The predicted octanol–water partition coefficient (Wildman–Crippen LogP) is 3.65. The van der Waals surface area contributed by atoms with Crippen LogP contribution < -0.4 is 0 Å². The van der Waals surface area contributed by atoms with Gasteiger partial charge in [-0.05, 0) is 30.0 Å². The average Bonchev–Trinajstić information content (AvgIpc) is 2.38. The van der Waals surface area contributed by atoms with Crippen molar-refractivity contribution in [3.05, 3.63) is 66.4 Å². The zero-order chi connectivity index (χ0) is 12.1. The van der Waals surface area contributed by atoms with E-state index in [0.717, 1.165) is 25.9 Å². The van der Waals surface area contributed by atoms with Gasteiger partial charge < -0.3 is 4.90 Å². The van der Waals surface area contributed by atoms with Crippen LogP contribution in [0.4, 0.5) is 0 Å². The van der Waals surface area contributed by atoms with Crippen molar-refractivity contribution >= 4 is 6.08 Å². The van der Waals surface area contributed by atoms with E-state index >= 15 is 0 Å². The van der Waals surface area contributed by atoms with E-state index in [1.165, 1.54) is 16.8 Å². The minimum Gasteiger partial charge on any atom is -0.367 e. The highest BCUT2D eigenvalue weighted by molar-refractivity contribution is 5.59. The Hall–Kier alpha value is -1.76. The standard InChI is InChI=1S/C16H19N/c1-3-11-17(12-4-2)16-10-9-14-7-5-6-8-15(14)13-16/h3-8,13H,1-2,9-12H2. The van der Waals surface area contributed by atoms with Crippen LogP contribution >= 0.6 is 0 Å². The first kappa shape index (κ1) is 11.7. The van der Waals surface area contributed by atoms with Gasteiger partial charge in [-0.15, -0.1) is 13.2 Å². The largest absolute Gasteiger partial charge is 0.367 e. The normalized spacial score (nSPS) is 13.5. The SMILES string of the molecule is C=CCN(CC=C)C1=Cc2ccccc2CC1. The van der Waals surface area contributed by atoms with Crippen molar-refractivity contribution in [3.63, 3.8) is 0 Å². The fourth-order valence-corrected chi connectivity index (χ4v) is 2.29. The Kier molecular flexibility index (Phi) is 3.81. The molecule has 0 aliphatic heterocycles. The van der Waals surface area contributed by atoms with E-state index in [2.05, 4.69) is 48.4 Å². The smallest absolute Gasteiger partial charge is 0.0357 e. The highest BCUT2D eigenvalue weighted by Crippen LogP contribution is 2.25. The molecule has 1 aliphatic rings. The Bertz CT molecular complexity index is 433.